The number of aromatic nitrogens is 7. The number of rotatable bonds is 35. The van der Waals surface area contributed by atoms with E-state index in [0.29, 0.717) is 131 Å². The van der Waals surface area contributed by atoms with Gasteiger partial charge in [0.1, 0.15) is 23.9 Å². The van der Waals surface area contributed by atoms with Crippen molar-refractivity contribution in [1.82, 2.24) is 34.7 Å². The molecule has 3 aromatic heterocycles. The van der Waals surface area contributed by atoms with Crippen molar-refractivity contribution in [3.05, 3.63) is 52.7 Å². The summed E-state index contributed by atoms with van der Waals surface area (Å²) in [5.74, 6) is 1.63. The minimum atomic E-state index is -0.265. The molecule has 0 saturated carbocycles. The second-order valence-corrected chi connectivity index (χ2v) is 17.2. The largest absolute Gasteiger partial charge is 0.491 e. The van der Waals surface area contributed by atoms with E-state index < -0.39 is 0 Å². The van der Waals surface area contributed by atoms with E-state index in [1.807, 2.05) is 18.5 Å². The van der Waals surface area contributed by atoms with Gasteiger partial charge in [-0.15, -0.1) is 5.10 Å². The molecule has 1 N–H and O–H groups in total. The van der Waals surface area contributed by atoms with Crippen molar-refractivity contribution >= 4 is 37.3 Å². The van der Waals surface area contributed by atoms with Crippen LogP contribution in [0.15, 0.2) is 30.6 Å². The summed E-state index contributed by atoms with van der Waals surface area (Å²) >= 11 is 6.50. The topological polar surface area (TPSA) is 199 Å². The first kappa shape index (κ1) is 50.7. The van der Waals surface area contributed by atoms with Crippen molar-refractivity contribution in [3.8, 4) is 5.75 Å². The quantitative estimate of drug-likeness (QED) is 0.0392. The van der Waals surface area contributed by atoms with Crippen LogP contribution in [-0.2, 0) is 72.4 Å². The average Bonchev–Trinajstić information content (AvgIpc) is 4.14. The van der Waals surface area contributed by atoms with Gasteiger partial charge >= 0.3 is 0 Å². The van der Waals surface area contributed by atoms with E-state index in [4.69, 9.17) is 68.6 Å². The van der Waals surface area contributed by atoms with Gasteiger partial charge in [0.25, 0.3) is 0 Å². The summed E-state index contributed by atoms with van der Waals surface area (Å²) in [5, 5.41) is 14.0. The van der Waals surface area contributed by atoms with Crippen molar-refractivity contribution in [2.75, 3.05) is 137 Å². The van der Waals surface area contributed by atoms with Crippen LogP contribution in [0, 0.1) is 0 Å². The molecule has 22 heteroatoms. The minimum absolute atomic E-state index is 0.0211. The number of nitrogens with zero attached hydrogens (tertiary/aromatic N) is 8. The molecule has 3 aliphatic rings. The molecule has 5 heterocycles. The Bertz CT molecular complexity index is 2010. The molecule has 0 amide bonds. The number of anilines is 1. The Morgan fingerprint density at radius 2 is 1.47 bits per heavy atom. The lowest BCUT2D eigenvalue weighted by Crippen LogP contribution is -2.58. The first-order valence-corrected chi connectivity index (χ1v) is 24.6. The Morgan fingerprint density at radius 3 is 2.17 bits per heavy atom. The molecule has 20 nitrogen and oxygen atoms in total. The van der Waals surface area contributed by atoms with Crippen LogP contribution in [0.1, 0.15) is 55.7 Å². The van der Waals surface area contributed by atoms with Gasteiger partial charge in [-0.05, 0) is 67.0 Å². The number of benzene rings is 1. The maximum absolute atomic E-state index is 9.05. The van der Waals surface area contributed by atoms with Crippen molar-refractivity contribution in [2.45, 2.75) is 69.9 Å². The van der Waals surface area contributed by atoms with Gasteiger partial charge in [0.15, 0.2) is 11.9 Å². The van der Waals surface area contributed by atoms with E-state index in [1.54, 1.807) is 9.36 Å². The molecule has 1 aromatic carbocycles. The molecule has 3 atom stereocenters. The fourth-order valence-electron chi connectivity index (χ4n) is 8.22. The number of fused-ring (bicyclic) bond motifs is 3. The molecule has 2 saturated heterocycles. The van der Waals surface area contributed by atoms with Gasteiger partial charge in [-0.1, -0.05) is 18.2 Å². The molecule has 1 aliphatic carbocycles. The highest BCUT2D eigenvalue weighted by Gasteiger charge is 2.49. The summed E-state index contributed by atoms with van der Waals surface area (Å²) in [6, 6.07) is 6.44. The summed E-state index contributed by atoms with van der Waals surface area (Å²) < 4.78 is 66.0. The van der Waals surface area contributed by atoms with E-state index in [-0.39, 0.29) is 31.8 Å². The molecule has 2 fully saturated rings. The predicted octanol–water partition coefficient (Wildman–Crippen LogP) is 4.13. The van der Waals surface area contributed by atoms with Gasteiger partial charge in [0, 0.05) is 33.9 Å². The zero-order valence-electron chi connectivity index (χ0n) is 38.0. The fraction of sp³-hybridized carbons (Fsp3) is 0.705. The van der Waals surface area contributed by atoms with Gasteiger partial charge < -0.3 is 61.9 Å². The van der Waals surface area contributed by atoms with E-state index in [9.17, 15) is 0 Å². The number of aryl methyl sites for hydroxylation is 1. The van der Waals surface area contributed by atoms with Gasteiger partial charge in [-0.3, -0.25) is 0 Å². The number of ether oxygens (including phenoxy) is 11. The standard InChI is InChI=1S/C44H66ClN8O12P/c1-2-10-55-12-14-57-16-17-58-15-13-56-11-9-52-28-35(49-50-52)29-62-23-22-60-19-18-59-20-21-61-24-25-64-36-4-3-34-7-8-44(39(34)26-36)31-51(32-44)41-38-27-46-53(42(38)48-43(45)47-41)40-6-5-37(65-40)30-63-33-66-54/h3-4,26-28,37,40,54,66H,2,5-25,29-33H2,1H3. The van der Waals surface area contributed by atoms with Crippen LogP contribution in [0.4, 0.5) is 5.82 Å². The molecule has 66 heavy (non-hydrogen) atoms. The normalized spacial score (nSPS) is 17.8. The van der Waals surface area contributed by atoms with E-state index in [1.165, 1.54) is 11.1 Å². The van der Waals surface area contributed by atoms with Crippen LogP contribution in [0.2, 0.25) is 5.28 Å². The summed E-state index contributed by atoms with van der Waals surface area (Å²) in [6.07, 6.45) is 8.40. The predicted molar refractivity (Wildman–Crippen MR) is 245 cm³/mol. The van der Waals surface area contributed by atoms with Crippen LogP contribution in [0.3, 0.4) is 0 Å². The van der Waals surface area contributed by atoms with Crippen molar-refractivity contribution < 1.29 is 57.0 Å². The van der Waals surface area contributed by atoms with Crippen LogP contribution in [0.5, 0.6) is 5.75 Å². The van der Waals surface area contributed by atoms with Gasteiger partial charge in [0.2, 0.25) is 5.28 Å². The van der Waals surface area contributed by atoms with Gasteiger partial charge in [-0.25, -0.2) is 9.36 Å². The van der Waals surface area contributed by atoms with Crippen molar-refractivity contribution in [2.24, 2.45) is 0 Å². The second-order valence-electron chi connectivity index (χ2n) is 16.2. The van der Waals surface area contributed by atoms with Crippen molar-refractivity contribution in [1.29, 1.82) is 0 Å². The maximum Gasteiger partial charge on any atom is 0.226 e. The SMILES string of the molecule is CCCOCCOCCOCCOCCn1cc(COCCOCCOCCOCCOc2ccc3c(c2)C2(CC3)CN(c3nc(Cl)nc4c3cnn4C3CCC(COCPO)O3)C2)nn1. The molecule has 366 valence electrons. The van der Waals surface area contributed by atoms with Gasteiger partial charge in [-0.2, -0.15) is 15.1 Å². The van der Waals surface area contributed by atoms with Crippen molar-refractivity contribution in [3.63, 3.8) is 0 Å². The average molecular weight is 965 g/mol. The lowest BCUT2D eigenvalue weighted by Gasteiger charge is -2.49. The lowest BCUT2D eigenvalue weighted by molar-refractivity contribution is -0.0376. The lowest BCUT2D eigenvalue weighted by atomic mass is 9.74. The molecular weight excluding hydrogens is 899 g/mol. The molecule has 2 aliphatic heterocycles. The zero-order chi connectivity index (χ0) is 45.7. The van der Waals surface area contributed by atoms with E-state index in [2.05, 4.69) is 49.3 Å². The highest BCUT2D eigenvalue weighted by molar-refractivity contribution is 7.30. The van der Waals surface area contributed by atoms with Crippen LogP contribution < -0.4 is 9.64 Å². The molecule has 1 spiro atoms. The first-order chi connectivity index (χ1) is 32.5. The third kappa shape index (κ3) is 15.1. The third-order valence-corrected chi connectivity index (χ3v) is 11.9. The Labute approximate surface area is 392 Å². The third-order valence-electron chi connectivity index (χ3n) is 11.4. The Morgan fingerprint density at radius 1 is 0.803 bits per heavy atom. The highest BCUT2D eigenvalue weighted by atomic mass is 35.5. The van der Waals surface area contributed by atoms with Crippen LogP contribution >= 0.6 is 20.4 Å². The Kier molecular flexibility index (Phi) is 21.3. The molecular formula is C44H66ClN8O12P. The fourth-order valence-corrected chi connectivity index (χ4v) is 8.59. The number of halogens is 1. The second kappa shape index (κ2) is 27.7. The molecule has 4 aromatic rings. The summed E-state index contributed by atoms with van der Waals surface area (Å²) in [5.41, 5.74) is 4.13. The monoisotopic (exact) mass is 964 g/mol. The molecule has 0 bridgehead atoms. The van der Waals surface area contributed by atoms with E-state index >= 15 is 0 Å². The van der Waals surface area contributed by atoms with Crippen LogP contribution in [-0.4, -0.2) is 177 Å². The Balaban J connectivity index is 0.688. The summed E-state index contributed by atoms with van der Waals surface area (Å²) in [7, 11) is -0.234. The first-order valence-electron chi connectivity index (χ1n) is 23.1. The van der Waals surface area contributed by atoms with E-state index in [0.717, 1.165) is 74.4 Å². The number of hydrogen-bond acceptors (Lipinski definition) is 18. The number of hydrogen-bond donors (Lipinski definition) is 1. The molecule has 0 radical (unpaired) electrons. The zero-order valence-corrected chi connectivity index (χ0v) is 39.8. The highest BCUT2D eigenvalue weighted by Crippen LogP contribution is 2.48. The summed E-state index contributed by atoms with van der Waals surface area (Å²) in [6.45, 7) is 13.4. The molecule has 7 rings (SSSR count). The Hall–Kier alpha value is -3.21. The smallest absolute Gasteiger partial charge is 0.226 e. The minimum Gasteiger partial charge on any atom is -0.491 e. The maximum atomic E-state index is 9.05. The summed E-state index contributed by atoms with van der Waals surface area (Å²) in [4.78, 5) is 20.5. The molecule has 3 unspecified atom stereocenters. The van der Waals surface area contributed by atoms with Crippen LogP contribution in [0.25, 0.3) is 11.0 Å². The van der Waals surface area contributed by atoms with Gasteiger partial charge in [0.05, 0.1) is 142 Å².